The molecule has 0 aromatic heterocycles. The summed E-state index contributed by atoms with van der Waals surface area (Å²) in [6.07, 6.45) is 5.63. The van der Waals surface area contributed by atoms with Crippen molar-refractivity contribution in [3.8, 4) is 0 Å². The Morgan fingerprint density at radius 2 is 1.68 bits per heavy atom. The van der Waals surface area contributed by atoms with E-state index < -0.39 is 0 Å². The lowest BCUT2D eigenvalue weighted by Crippen LogP contribution is -2.43. The van der Waals surface area contributed by atoms with Crippen LogP contribution in [0.3, 0.4) is 0 Å². The van der Waals surface area contributed by atoms with Gasteiger partial charge in [-0.25, -0.2) is 0 Å². The summed E-state index contributed by atoms with van der Waals surface area (Å²) in [7, 11) is 0. The van der Waals surface area contributed by atoms with Crippen molar-refractivity contribution in [1.29, 1.82) is 0 Å². The van der Waals surface area contributed by atoms with E-state index in [2.05, 4.69) is 31.0 Å². The predicted molar refractivity (Wildman–Crippen MR) is 85.6 cm³/mol. The molecule has 2 heterocycles. The number of likely N-dealkylation sites (tertiary alicyclic amines) is 1. The second kappa shape index (κ2) is 8.26. The van der Waals surface area contributed by atoms with Crippen LogP contribution in [0.25, 0.3) is 0 Å². The van der Waals surface area contributed by atoms with Crippen LogP contribution < -0.4 is 5.32 Å². The largest absolute Gasteiger partial charge is 0.316 e. The average molecular weight is 268 g/mol. The molecule has 2 fully saturated rings. The molecule has 114 valence electrons. The lowest BCUT2D eigenvalue weighted by atomic mass is 9.75. The molecule has 1 atom stereocenters. The van der Waals surface area contributed by atoms with E-state index in [0.717, 1.165) is 11.8 Å². The molecule has 1 N–H and O–H groups in total. The molecular formula is C17H36N2. The number of hydrogen-bond donors (Lipinski definition) is 1. The van der Waals surface area contributed by atoms with E-state index in [4.69, 9.17) is 0 Å². The monoisotopic (exact) mass is 268 g/mol. The number of nitrogens with zero attached hydrogens (tertiary/aromatic N) is 1. The normalized spacial score (nSPS) is 26.7. The molecule has 0 aliphatic carbocycles. The minimum absolute atomic E-state index is 0.512. The highest BCUT2D eigenvalue weighted by atomic mass is 15.1. The molecule has 0 bridgehead atoms. The molecule has 0 amide bonds. The third kappa shape index (κ3) is 5.83. The highest BCUT2D eigenvalue weighted by Gasteiger charge is 2.29. The summed E-state index contributed by atoms with van der Waals surface area (Å²) < 4.78 is 0. The van der Waals surface area contributed by atoms with Gasteiger partial charge < -0.3 is 10.2 Å². The second-order valence-corrected chi connectivity index (χ2v) is 7.15. The lowest BCUT2D eigenvalue weighted by molar-refractivity contribution is 0.0969. The molecule has 19 heavy (non-hydrogen) atoms. The number of piperidine rings is 2. The van der Waals surface area contributed by atoms with Gasteiger partial charge in [-0.1, -0.05) is 34.6 Å². The van der Waals surface area contributed by atoms with E-state index in [1.54, 1.807) is 0 Å². The third-order valence-electron chi connectivity index (χ3n) is 4.73. The molecular weight excluding hydrogens is 232 g/mol. The van der Waals surface area contributed by atoms with Crippen LogP contribution in [0.5, 0.6) is 0 Å². The van der Waals surface area contributed by atoms with Crippen LogP contribution in [-0.2, 0) is 0 Å². The molecule has 2 rings (SSSR count). The zero-order chi connectivity index (χ0) is 14.3. The van der Waals surface area contributed by atoms with Crippen molar-refractivity contribution in [2.75, 3.05) is 32.7 Å². The van der Waals surface area contributed by atoms with Gasteiger partial charge in [-0.2, -0.15) is 0 Å². The number of hydrogen-bond acceptors (Lipinski definition) is 2. The van der Waals surface area contributed by atoms with Crippen LogP contribution in [0.15, 0.2) is 0 Å². The Kier molecular flexibility index (Phi) is 7.38. The van der Waals surface area contributed by atoms with Gasteiger partial charge in [0.05, 0.1) is 0 Å². The van der Waals surface area contributed by atoms with Gasteiger partial charge >= 0.3 is 0 Å². The van der Waals surface area contributed by atoms with Gasteiger partial charge in [0.25, 0.3) is 0 Å². The molecule has 2 aliphatic heterocycles. The van der Waals surface area contributed by atoms with E-state index >= 15 is 0 Å². The van der Waals surface area contributed by atoms with Crippen molar-refractivity contribution < 1.29 is 0 Å². The van der Waals surface area contributed by atoms with Gasteiger partial charge in [-0.3, -0.25) is 0 Å². The lowest BCUT2D eigenvalue weighted by Gasteiger charge is -2.40. The summed E-state index contributed by atoms with van der Waals surface area (Å²) >= 11 is 0. The Morgan fingerprint density at radius 3 is 2.16 bits per heavy atom. The fraction of sp³-hybridized carbons (Fsp3) is 1.00. The quantitative estimate of drug-likeness (QED) is 0.820. The SMILES string of the molecule is CC.CC(C)(C)C1CCN(C[C@H]2CCCNC2)CC1. The van der Waals surface area contributed by atoms with Crippen molar-refractivity contribution in [1.82, 2.24) is 10.2 Å². The van der Waals surface area contributed by atoms with Crippen molar-refractivity contribution in [2.24, 2.45) is 17.3 Å². The summed E-state index contributed by atoms with van der Waals surface area (Å²) in [4.78, 5) is 2.71. The Balaban J connectivity index is 0.000000861. The molecule has 0 saturated carbocycles. The fourth-order valence-corrected chi connectivity index (χ4v) is 3.43. The molecule has 2 saturated heterocycles. The number of nitrogens with one attached hydrogen (secondary N) is 1. The predicted octanol–water partition coefficient (Wildman–Crippen LogP) is 3.77. The van der Waals surface area contributed by atoms with Gasteiger partial charge in [0.2, 0.25) is 0 Å². The van der Waals surface area contributed by atoms with Gasteiger partial charge in [-0.05, 0) is 69.1 Å². The molecule has 2 aliphatic rings. The van der Waals surface area contributed by atoms with E-state index in [1.807, 2.05) is 13.8 Å². The maximum atomic E-state index is 3.53. The first-order valence-electron chi connectivity index (χ1n) is 8.49. The smallest absolute Gasteiger partial charge is 0.00218 e. The van der Waals surface area contributed by atoms with E-state index in [9.17, 15) is 0 Å². The van der Waals surface area contributed by atoms with E-state index in [1.165, 1.54) is 58.4 Å². The summed E-state index contributed by atoms with van der Waals surface area (Å²) in [6.45, 7) is 17.7. The summed E-state index contributed by atoms with van der Waals surface area (Å²) in [5.74, 6) is 1.85. The zero-order valence-corrected chi connectivity index (χ0v) is 14.0. The standard InChI is InChI=1S/C15H30N2.C2H6/c1-15(2,3)14-6-9-17(10-7-14)12-13-5-4-8-16-11-13;1-2/h13-14,16H,4-12H2,1-3H3;1-2H3/t13-;/m0./s1. The van der Waals surface area contributed by atoms with E-state index in [-0.39, 0.29) is 0 Å². The van der Waals surface area contributed by atoms with Crippen LogP contribution in [0, 0.1) is 17.3 Å². The highest BCUT2D eigenvalue weighted by Crippen LogP contribution is 2.34. The Morgan fingerprint density at radius 1 is 1.05 bits per heavy atom. The van der Waals surface area contributed by atoms with Gasteiger partial charge in [-0.15, -0.1) is 0 Å². The van der Waals surface area contributed by atoms with Crippen molar-refractivity contribution in [2.45, 2.75) is 60.3 Å². The highest BCUT2D eigenvalue weighted by molar-refractivity contribution is 4.82. The molecule has 2 heteroatoms. The van der Waals surface area contributed by atoms with Crippen molar-refractivity contribution in [3.05, 3.63) is 0 Å². The Labute approximate surface area is 121 Å². The first kappa shape index (κ1) is 17.0. The topological polar surface area (TPSA) is 15.3 Å². The Bertz CT molecular complexity index is 218. The minimum atomic E-state index is 0.512. The molecule has 0 aromatic carbocycles. The maximum Gasteiger partial charge on any atom is 0.00218 e. The summed E-state index contributed by atoms with van der Waals surface area (Å²) in [6, 6.07) is 0. The fourth-order valence-electron chi connectivity index (χ4n) is 3.43. The summed E-state index contributed by atoms with van der Waals surface area (Å²) in [5, 5.41) is 3.53. The van der Waals surface area contributed by atoms with Gasteiger partial charge in [0, 0.05) is 6.54 Å². The second-order valence-electron chi connectivity index (χ2n) is 7.15. The van der Waals surface area contributed by atoms with Crippen molar-refractivity contribution in [3.63, 3.8) is 0 Å². The zero-order valence-electron chi connectivity index (χ0n) is 14.0. The summed E-state index contributed by atoms with van der Waals surface area (Å²) in [5.41, 5.74) is 0.512. The molecule has 0 unspecified atom stereocenters. The Hall–Kier alpha value is -0.0800. The molecule has 0 spiro atoms. The van der Waals surface area contributed by atoms with Gasteiger partial charge in [0.1, 0.15) is 0 Å². The third-order valence-corrected chi connectivity index (χ3v) is 4.73. The first-order valence-corrected chi connectivity index (χ1v) is 8.49. The molecule has 0 radical (unpaired) electrons. The minimum Gasteiger partial charge on any atom is -0.316 e. The van der Waals surface area contributed by atoms with Crippen LogP contribution in [-0.4, -0.2) is 37.6 Å². The van der Waals surface area contributed by atoms with Crippen molar-refractivity contribution >= 4 is 0 Å². The molecule has 2 nitrogen and oxygen atoms in total. The maximum absolute atomic E-state index is 3.53. The van der Waals surface area contributed by atoms with Crippen LogP contribution >= 0.6 is 0 Å². The first-order chi connectivity index (χ1) is 9.05. The van der Waals surface area contributed by atoms with Crippen LogP contribution in [0.4, 0.5) is 0 Å². The van der Waals surface area contributed by atoms with Crippen LogP contribution in [0.1, 0.15) is 60.3 Å². The molecule has 0 aromatic rings. The average Bonchev–Trinajstić information content (AvgIpc) is 2.42. The number of rotatable bonds is 2. The van der Waals surface area contributed by atoms with Crippen LogP contribution in [0.2, 0.25) is 0 Å². The van der Waals surface area contributed by atoms with Gasteiger partial charge in [0.15, 0.2) is 0 Å². The van der Waals surface area contributed by atoms with E-state index in [0.29, 0.717) is 5.41 Å².